The molecule has 5 N–H and O–H groups in total. The second-order valence-corrected chi connectivity index (χ2v) is 5.05. The Balaban J connectivity index is 0.000000164. The Bertz CT molecular complexity index is 703. The predicted octanol–water partition coefficient (Wildman–Crippen LogP) is 3.19. The molecular formula is C19H22N2O. The van der Waals surface area contributed by atoms with Gasteiger partial charge in [0.15, 0.2) is 0 Å². The van der Waals surface area contributed by atoms with Crippen molar-refractivity contribution in [3.63, 3.8) is 0 Å². The van der Waals surface area contributed by atoms with E-state index in [9.17, 15) is 0 Å². The van der Waals surface area contributed by atoms with E-state index in [-0.39, 0.29) is 0 Å². The quantitative estimate of drug-likeness (QED) is 0.694. The summed E-state index contributed by atoms with van der Waals surface area (Å²) in [5, 5.41) is 11.4. The largest absolute Gasteiger partial charge is 0.508 e. The highest BCUT2D eigenvalue weighted by Crippen LogP contribution is 2.17. The average molecular weight is 294 g/mol. The smallest absolute Gasteiger partial charge is 0.115 e. The van der Waals surface area contributed by atoms with Gasteiger partial charge in [0.25, 0.3) is 0 Å². The summed E-state index contributed by atoms with van der Waals surface area (Å²) in [7, 11) is 0. The molecule has 0 radical (unpaired) electrons. The van der Waals surface area contributed by atoms with Gasteiger partial charge in [0.2, 0.25) is 0 Å². The number of hydrogen-bond donors (Lipinski definition) is 3. The molecule has 3 nitrogen and oxygen atoms in total. The first-order valence-electron chi connectivity index (χ1n) is 7.39. The van der Waals surface area contributed by atoms with Crippen molar-refractivity contribution in [1.29, 1.82) is 0 Å². The second-order valence-electron chi connectivity index (χ2n) is 5.05. The fourth-order valence-corrected chi connectivity index (χ4v) is 2.30. The van der Waals surface area contributed by atoms with Crippen LogP contribution < -0.4 is 11.5 Å². The van der Waals surface area contributed by atoms with Crippen LogP contribution in [0.5, 0.6) is 5.75 Å². The Morgan fingerprint density at radius 2 is 1.45 bits per heavy atom. The SMILES string of the molecule is NCCc1ccc(O)cc1.NCc1cccc2ccccc12. The summed E-state index contributed by atoms with van der Waals surface area (Å²) < 4.78 is 0. The van der Waals surface area contributed by atoms with Gasteiger partial charge in [0.1, 0.15) is 5.75 Å². The lowest BCUT2D eigenvalue weighted by Gasteiger charge is -2.02. The summed E-state index contributed by atoms with van der Waals surface area (Å²) >= 11 is 0. The van der Waals surface area contributed by atoms with Crippen LogP contribution in [-0.2, 0) is 13.0 Å². The molecule has 0 heterocycles. The molecule has 0 bridgehead atoms. The summed E-state index contributed by atoms with van der Waals surface area (Å²) in [5.74, 6) is 0.306. The molecule has 114 valence electrons. The van der Waals surface area contributed by atoms with Crippen molar-refractivity contribution in [1.82, 2.24) is 0 Å². The van der Waals surface area contributed by atoms with E-state index in [1.807, 2.05) is 30.3 Å². The molecule has 3 aromatic rings. The van der Waals surface area contributed by atoms with Crippen molar-refractivity contribution >= 4 is 10.8 Å². The number of hydrogen-bond acceptors (Lipinski definition) is 3. The normalized spacial score (nSPS) is 10.1. The molecule has 0 aliphatic rings. The number of nitrogens with two attached hydrogens (primary N) is 2. The minimum Gasteiger partial charge on any atom is -0.508 e. The number of rotatable bonds is 3. The van der Waals surface area contributed by atoms with Gasteiger partial charge in [-0.1, -0.05) is 54.6 Å². The van der Waals surface area contributed by atoms with Crippen molar-refractivity contribution in [2.45, 2.75) is 13.0 Å². The van der Waals surface area contributed by atoms with Crippen molar-refractivity contribution < 1.29 is 5.11 Å². The molecule has 0 saturated heterocycles. The molecule has 0 unspecified atom stereocenters. The van der Waals surface area contributed by atoms with Crippen LogP contribution in [-0.4, -0.2) is 11.7 Å². The number of fused-ring (bicyclic) bond motifs is 1. The molecule has 22 heavy (non-hydrogen) atoms. The van der Waals surface area contributed by atoms with Gasteiger partial charge < -0.3 is 16.6 Å². The third-order valence-corrected chi connectivity index (χ3v) is 3.47. The van der Waals surface area contributed by atoms with Crippen LogP contribution in [0.15, 0.2) is 66.7 Å². The lowest BCUT2D eigenvalue weighted by atomic mass is 10.1. The Hall–Kier alpha value is -2.36. The van der Waals surface area contributed by atoms with Gasteiger partial charge in [0, 0.05) is 6.54 Å². The van der Waals surface area contributed by atoms with Crippen LogP contribution >= 0.6 is 0 Å². The van der Waals surface area contributed by atoms with E-state index in [0.29, 0.717) is 18.8 Å². The maximum absolute atomic E-state index is 8.89. The van der Waals surface area contributed by atoms with E-state index in [2.05, 4.69) is 24.3 Å². The highest BCUT2D eigenvalue weighted by molar-refractivity contribution is 5.85. The third-order valence-electron chi connectivity index (χ3n) is 3.47. The first-order chi connectivity index (χ1) is 10.7. The van der Waals surface area contributed by atoms with Crippen LogP contribution in [0.1, 0.15) is 11.1 Å². The van der Waals surface area contributed by atoms with Gasteiger partial charge in [-0.25, -0.2) is 0 Å². The van der Waals surface area contributed by atoms with E-state index in [1.165, 1.54) is 21.9 Å². The van der Waals surface area contributed by atoms with E-state index in [4.69, 9.17) is 16.6 Å². The molecular weight excluding hydrogens is 272 g/mol. The zero-order valence-corrected chi connectivity index (χ0v) is 12.6. The maximum Gasteiger partial charge on any atom is 0.115 e. The third kappa shape index (κ3) is 4.32. The van der Waals surface area contributed by atoms with Gasteiger partial charge in [-0.05, 0) is 47.0 Å². The van der Waals surface area contributed by atoms with Crippen molar-refractivity contribution in [3.8, 4) is 5.75 Å². The van der Waals surface area contributed by atoms with Crippen LogP contribution in [0.4, 0.5) is 0 Å². The standard InChI is InChI=1S/C11H11N.C8H11NO/c12-8-10-6-3-5-9-4-1-2-7-11(9)10;9-6-5-7-1-3-8(10)4-2-7/h1-7H,8,12H2;1-4,10H,5-6,9H2. The number of aromatic hydroxyl groups is 1. The molecule has 0 atom stereocenters. The van der Waals surface area contributed by atoms with Gasteiger partial charge in [0.05, 0.1) is 0 Å². The van der Waals surface area contributed by atoms with Gasteiger partial charge in [-0.15, -0.1) is 0 Å². The van der Waals surface area contributed by atoms with Crippen LogP contribution in [0.2, 0.25) is 0 Å². The molecule has 0 amide bonds. The summed E-state index contributed by atoms with van der Waals surface area (Å²) in [4.78, 5) is 0. The molecule has 3 aromatic carbocycles. The maximum atomic E-state index is 8.89. The first-order valence-corrected chi connectivity index (χ1v) is 7.39. The van der Waals surface area contributed by atoms with E-state index in [1.54, 1.807) is 12.1 Å². The summed E-state index contributed by atoms with van der Waals surface area (Å²) in [6, 6.07) is 21.6. The molecule has 3 heteroatoms. The fraction of sp³-hybridized carbons (Fsp3) is 0.158. The van der Waals surface area contributed by atoms with Crippen LogP contribution in [0.3, 0.4) is 0 Å². The van der Waals surface area contributed by atoms with Crippen molar-refractivity contribution in [3.05, 3.63) is 77.9 Å². The summed E-state index contributed by atoms with van der Waals surface area (Å²) in [6.07, 6.45) is 0.875. The molecule has 3 rings (SSSR count). The molecule has 0 aromatic heterocycles. The average Bonchev–Trinajstić information content (AvgIpc) is 2.57. The zero-order valence-electron chi connectivity index (χ0n) is 12.6. The summed E-state index contributed by atoms with van der Waals surface area (Å²) in [5.41, 5.74) is 13.3. The number of benzene rings is 3. The minimum absolute atomic E-state index is 0.306. The lowest BCUT2D eigenvalue weighted by molar-refractivity contribution is 0.475. The predicted molar refractivity (Wildman–Crippen MR) is 92.7 cm³/mol. The van der Waals surface area contributed by atoms with E-state index in [0.717, 1.165) is 6.42 Å². The number of phenols is 1. The van der Waals surface area contributed by atoms with Crippen LogP contribution in [0.25, 0.3) is 10.8 Å². The highest BCUT2D eigenvalue weighted by Gasteiger charge is 1.95. The monoisotopic (exact) mass is 294 g/mol. The first kappa shape index (κ1) is 16.0. The molecule has 0 aliphatic heterocycles. The zero-order chi connectivity index (χ0) is 15.8. The Labute approximate surface area is 131 Å². The van der Waals surface area contributed by atoms with E-state index >= 15 is 0 Å². The topological polar surface area (TPSA) is 72.3 Å². The molecule has 0 aliphatic carbocycles. The summed E-state index contributed by atoms with van der Waals surface area (Å²) in [6.45, 7) is 1.27. The van der Waals surface area contributed by atoms with Gasteiger partial charge in [-0.3, -0.25) is 0 Å². The number of phenolic OH excluding ortho intramolecular Hbond substituents is 1. The highest BCUT2D eigenvalue weighted by atomic mass is 16.3. The lowest BCUT2D eigenvalue weighted by Crippen LogP contribution is -2.01. The molecule has 0 fully saturated rings. The minimum atomic E-state index is 0.306. The van der Waals surface area contributed by atoms with Crippen molar-refractivity contribution in [2.75, 3.05) is 6.54 Å². The Morgan fingerprint density at radius 3 is 2.14 bits per heavy atom. The van der Waals surface area contributed by atoms with E-state index < -0.39 is 0 Å². The molecule has 0 saturated carbocycles. The Morgan fingerprint density at radius 1 is 0.773 bits per heavy atom. The Kier molecular flexibility index (Phi) is 5.95. The van der Waals surface area contributed by atoms with Crippen molar-refractivity contribution in [2.24, 2.45) is 11.5 Å². The van der Waals surface area contributed by atoms with Gasteiger partial charge >= 0.3 is 0 Å². The molecule has 0 spiro atoms. The second kappa shape index (κ2) is 8.17. The fourth-order valence-electron chi connectivity index (χ4n) is 2.30. The van der Waals surface area contributed by atoms with Gasteiger partial charge in [-0.2, -0.15) is 0 Å². The van der Waals surface area contributed by atoms with Crippen LogP contribution in [0, 0.1) is 0 Å².